The fourth-order valence-corrected chi connectivity index (χ4v) is 2.12. The molecule has 1 aliphatic heterocycles. The van der Waals surface area contributed by atoms with Crippen LogP contribution >= 0.6 is 11.6 Å². The van der Waals surface area contributed by atoms with Crippen LogP contribution in [0.1, 0.15) is 17.7 Å². The predicted octanol–water partition coefficient (Wildman–Crippen LogP) is 1.95. The second kappa shape index (κ2) is 5.35. The number of hydrogen-bond acceptors (Lipinski definition) is 4. The first kappa shape index (κ1) is 12.8. The Hall–Kier alpha value is -1.62. The molecule has 0 unspecified atom stereocenters. The molecule has 0 aromatic carbocycles. The van der Waals surface area contributed by atoms with E-state index in [-0.39, 0.29) is 18.9 Å². The molecule has 5 nitrogen and oxygen atoms in total. The van der Waals surface area contributed by atoms with Crippen LogP contribution < -0.4 is 0 Å². The van der Waals surface area contributed by atoms with Crippen molar-refractivity contribution in [2.24, 2.45) is 0 Å². The number of carbonyl (C=O) groups is 2. The van der Waals surface area contributed by atoms with Gasteiger partial charge in [-0.2, -0.15) is 0 Å². The lowest BCUT2D eigenvalue weighted by molar-refractivity contribution is -0.127. The van der Waals surface area contributed by atoms with Crippen LogP contribution in [0, 0.1) is 6.92 Å². The van der Waals surface area contributed by atoms with E-state index in [1.165, 1.54) is 0 Å². The molecule has 0 saturated carbocycles. The number of cyclic esters (lactones) is 1. The van der Waals surface area contributed by atoms with E-state index < -0.39 is 6.09 Å². The average Bonchev–Trinajstić information content (AvgIpc) is 2.71. The maximum atomic E-state index is 11.8. The number of amides is 2. The highest BCUT2D eigenvalue weighted by molar-refractivity contribution is 6.29. The zero-order valence-electron chi connectivity index (χ0n) is 9.98. The zero-order chi connectivity index (χ0) is 13.1. The number of halogens is 1. The molecule has 2 rings (SSSR count). The molecule has 0 aliphatic carbocycles. The molecule has 1 aliphatic rings. The van der Waals surface area contributed by atoms with Gasteiger partial charge in [0, 0.05) is 12.1 Å². The number of hydrogen-bond donors (Lipinski definition) is 0. The third-order valence-corrected chi connectivity index (χ3v) is 2.86. The summed E-state index contributed by atoms with van der Waals surface area (Å²) in [5, 5.41) is 0.415. The third-order valence-electron chi connectivity index (χ3n) is 2.67. The van der Waals surface area contributed by atoms with Crippen molar-refractivity contribution in [3.63, 3.8) is 0 Å². The second-order valence-electron chi connectivity index (χ2n) is 4.10. The Kier molecular flexibility index (Phi) is 3.81. The summed E-state index contributed by atoms with van der Waals surface area (Å²) >= 11 is 5.84. The Labute approximate surface area is 110 Å². The number of pyridine rings is 1. The van der Waals surface area contributed by atoms with E-state index in [1.807, 2.05) is 13.0 Å². The van der Waals surface area contributed by atoms with E-state index >= 15 is 0 Å². The number of carbonyl (C=O) groups excluding carboxylic acids is 2. The summed E-state index contributed by atoms with van der Waals surface area (Å²) in [4.78, 5) is 28.1. The van der Waals surface area contributed by atoms with Crippen LogP contribution in [0.25, 0.3) is 0 Å². The molecule has 6 heteroatoms. The molecular weight excluding hydrogens is 256 g/mol. The van der Waals surface area contributed by atoms with Crippen LogP contribution in [0.4, 0.5) is 4.79 Å². The number of aromatic nitrogens is 1. The standard InChI is InChI=1S/C12H13ClN2O3/c1-8-6-9(7-10(13)14-8)2-3-11(16)15-4-5-18-12(15)17/h6-7H,2-5H2,1H3. The Morgan fingerprint density at radius 1 is 1.56 bits per heavy atom. The normalized spacial score (nSPS) is 14.8. The Morgan fingerprint density at radius 2 is 2.33 bits per heavy atom. The van der Waals surface area contributed by atoms with Gasteiger partial charge in [-0.15, -0.1) is 0 Å². The largest absolute Gasteiger partial charge is 0.447 e. The molecule has 2 amide bonds. The fraction of sp³-hybridized carbons (Fsp3) is 0.417. The number of imide groups is 1. The lowest BCUT2D eigenvalue weighted by atomic mass is 10.1. The summed E-state index contributed by atoms with van der Waals surface area (Å²) < 4.78 is 4.71. The van der Waals surface area contributed by atoms with Crippen LogP contribution in [-0.2, 0) is 16.0 Å². The zero-order valence-corrected chi connectivity index (χ0v) is 10.7. The number of ether oxygens (including phenoxy) is 1. The molecule has 2 heterocycles. The molecule has 1 fully saturated rings. The summed E-state index contributed by atoms with van der Waals surface area (Å²) in [7, 11) is 0. The Bertz CT molecular complexity index is 470. The minimum Gasteiger partial charge on any atom is -0.447 e. The van der Waals surface area contributed by atoms with Gasteiger partial charge in [0.1, 0.15) is 11.8 Å². The summed E-state index contributed by atoms with van der Waals surface area (Å²) in [5.74, 6) is -0.219. The van der Waals surface area contributed by atoms with Gasteiger partial charge in [0.15, 0.2) is 0 Å². The molecule has 0 spiro atoms. The molecule has 0 atom stereocenters. The van der Waals surface area contributed by atoms with Crippen molar-refractivity contribution >= 4 is 23.6 Å². The van der Waals surface area contributed by atoms with Crippen molar-refractivity contribution in [1.29, 1.82) is 0 Å². The minimum absolute atomic E-state index is 0.219. The van der Waals surface area contributed by atoms with Gasteiger partial charge in [0.25, 0.3) is 0 Å². The average molecular weight is 269 g/mol. The van der Waals surface area contributed by atoms with E-state index in [2.05, 4.69) is 4.98 Å². The van der Waals surface area contributed by atoms with Crippen LogP contribution in [-0.4, -0.2) is 35.0 Å². The summed E-state index contributed by atoms with van der Waals surface area (Å²) in [6.45, 7) is 2.47. The van der Waals surface area contributed by atoms with Crippen LogP contribution in [0.5, 0.6) is 0 Å². The first-order chi connectivity index (χ1) is 8.56. The molecule has 1 aromatic rings. The van der Waals surface area contributed by atoms with Crippen LogP contribution in [0.3, 0.4) is 0 Å². The first-order valence-corrected chi connectivity index (χ1v) is 6.04. The smallest absolute Gasteiger partial charge is 0.416 e. The highest BCUT2D eigenvalue weighted by Crippen LogP contribution is 2.13. The van der Waals surface area contributed by atoms with Crippen molar-refractivity contribution in [2.45, 2.75) is 19.8 Å². The van der Waals surface area contributed by atoms with Gasteiger partial charge in [-0.1, -0.05) is 11.6 Å². The van der Waals surface area contributed by atoms with E-state index in [1.54, 1.807) is 6.07 Å². The van der Waals surface area contributed by atoms with Gasteiger partial charge >= 0.3 is 6.09 Å². The van der Waals surface area contributed by atoms with Gasteiger partial charge in [-0.3, -0.25) is 4.79 Å². The third kappa shape index (κ3) is 2.98. The highest BCUT2D eigenvalue weighted by Gasteiger charge is 2.27. The second-order valence-corrected chi connectivity index (χ2v) is 4.49. The quantitative estimate of drug-likeness (QED) is 0.786. The molecule has 1 aromatic heterocycles. The van der Waals surface area contributed by atoms with Crippen molar-refractivity contribution in [3.05, 3.63) is 28.5 Å². The Balaban J connectivity index is 1.95. The molecule has 96 valence electrons. The van der Waals surface area contributed by atoms with Crippen molar-refractivity contribution < 1.29 is 14.3 Å². The molecule has 18 heavy (non-hydrogen) atoms. The molecule has 1 saturated heterocycles. The van der Waals surface area contributed by atoms with Gasteiger partial charge < -0.3 is 4.74 Å². The Morgan fingerprint density at radius 3 is 2.94 bits per heavy atom. The van der Waals surface area contributed by atoms with Gasteiger partial charge in [-0.25, -0.2) is 14.7 Å². The van der Waals surface area contributed by atoms with Gasteiger partial charge in [0.2, 0.25) is 5.91 Å². The lowest BCUT2D eigenvalue weighted by Gasteiger charge is -2.10. The summed E-state index contributed by atoms with van der Waals surface area (Å²) in [5.41, 5.74) is 1.75. The van der Waals surface area contributed by atoms with Crippen molar-refractivity contribution in [1.82, 2.24) is 9.88 Å². The van der Waals surface area contributed by atoms with E-state index in [0.717, 1.165) is 16.2 Å². The van der Waals surface area contributed by atoms with Gasteiger partial charge in [-0.05, 0) is 31.0 Å². The van der Waals surface area contributed by atoms with E-state index in [4.69, 9.17) is 16.3 Å². The monoisotopic (exact) mass is 268 g/mol. The molecular formula is C12H13ClN2O3. The number of aryl methyl sites for hydroxylation is 2. The number of rotatable bonds is 3. The molecule has 0 bridgehead atoms. The SMILES string of the molecule is Cc1cc(CCC(=O)N2CCOC2=O)cc(Cl)n1. The highest BCUT2D eigenvalue weighted by atomic mass is 35.5. The topological polar surface area (TPSA) is 59.5 Å². The number of nitrogens with zero attached hydrogens (tertiary/aromatic N) is 2. The van der Waals surface area contributed by atoms with Gasteiger partial charge in [0.05, 0.1) is 6.54 Å². The maximum absolute atomic E-state index is 11.8. The van der Waals surface area contributed by atoms with Crippen LogP contribution in [0.15, 0.2) is 12.1 Å². The maximum Gasteiger partial charge on any atom is 0.416 e. The minimum atomic E-state index is -0.552. The lowest BCUT2D eigenvalue weighted by Crippen LogP contribution is -2.31. The molecule has 0 N–H and O–H groups in total. The van der Waals surface area contributed by atoms with E-state index in [9.17, 15) is 9.59 Å². The molecule has 0 radical (unpaired) electrons. The van der Waals surface area contributed by atoms with E-state index in [0.29, 0.717) is 18.1 Å². The summed E-state index contributed by atoms with van der Waals surface area (Å²) in [6.07, 6.45) is 0.240. The van der Waals surface area contributed by atoms with Crippen molar-refractivity contribution in [2.75, 3.05) is 13.2 Å². The fourth-order valence-electron chi connectivity index (χ4n) is 1.85. The summed E-state index contributed by atoms with van der Waals surface area (Å²) in [6, 6.07) is 3.60. The van der Waals surface area contributed by atoms with Crippen LogP contribution in [0.2, 0.25) is 5.15 Å². The van der Waals surface area contributed by atoms with Crippen molar-refractivity contribution in [3.8, 4) is 0 Å². The first-order valence-electron chi connectivity index (χ1n) is 5.66. The predicted molar refractivity (Wildman–Crippen MR) is 65.4 cm³/mol.